The van der Waals surface area contributed by atoms with E-state index in [2.05, 4.69) is 56.7 Å². The first-order valence-corrected chi connectivity index (χ1v) is 25.6. The van der Waals surface area contributed by atoms with Crippen molar-refractivity contribution in [3.05, 3.63) is 128 Å². The fourth-order valence-electron chi connectivity index (χ4n) is 9.69. The van der Waals surface area contributed by atoms with Gasteiger partial charge in [0.15, 0.2) is 5.82 Å². The van der Waals surface area contributed by atoms with E-state index in [9.17, 15) is 29.4 Å². The summed E-state index contributed by atoms with van der Waals surface area (Å²) in [4.78, 5) is 69.2. The molecule has 2 saturated heterocycles. The van der Waals surface area contributed by atoms with E-state index in [4.69, 9.17) is 9.73 Å². The second kappa shape index (κ2) is 19.8. The van der Waals surface area contributed by atoms with Crippen molar-refractivity contribution < 1.29 is 34.1 Å². The van der Waals surface area contributed by atoms with E-state index >= 15 is 0 Å². The minimum atomic E-state index is -0.993. The fraction of sp³-hybridized carbons (Fsp3) is 0.396. The van der Waals surface area contributed by atoms with E-state index in [-0.39, 0.29) is 37.4 Å². The van der Waals surface area contributed by atoms with Gasteiger partial charge in [-0.1, -0.05) is 57.2 Å². The molecule has 3 aromatic carbocycles. The largest absolute Gasteiger partial charge is 0.489 e. The molecule has 18 heteroatoms. The maximum Gasteiger partial charge on any atom is 0.306 e. The second-order valence-corrected chi connectivity index (χ2v) is 21.9. The molecule has 3 aliphatic rings. The number of aliphatic carboxylic acids is 1. The smallest absolute Gasteiger partial charge is 0.306 e. The first kappa shape index (κ1) is 49.2. The Bertz CT molecular complexity index is 3010. The molecule has 3 unspecified atom stereocenters. The lowest BCUT2D eigenvalue weighted by molar-refractivity contribution is -0.142. The quantitative estimate of drug-likeness (QED) is 0.0883. The highest BCUT2D eigenvalue weighted by molar-refractivity contribution is 7.15. The van der Waals surface area contributed by atoms with Gasteiger partial charge in [-0.05, 0) is 93.1 Å². The number of aliphatic hydroxyl groups excluding tert-OH is 1. The maximum absolute atomic E-state index is 14.3. The van der Waals surface area contributed by atoms with Gasteiger partial charge in [-0.25, -0.2) is 4.98 Å². The van der Waals surface area contributed by atoms with Gasteiger partial charge in [0.25, 0.3) is 5.91 Å². The molecule has 3 aliphatic heterocycles. The Balaban J connectivity index is 0.818. The lowest BCUT2D eigenvalue weighted by Crippen LogP contribution is -2.57. The van der Waals surface area contributed by atoms with Gasteiger partial charge in [0.05, 0.1) is 46.9 Å². The number of fused-ring (bicyclic) bond motifs is 3. The number of rotatable bonds is 13. The van der Waals surface area contributed by atoms with Crippen LogP contribution >= 0.6 is 22.7 Å². The number of carboxylic acid groups (broad SMARTS) is 1. The van der Waals surface area contributed by atoms with Crippen LogP contribution in [-0.4, -0.2) is 108 Å². The van der Waals surface area contributed by atoms with Crippen molar-refractivity contribution in [3.63, 3.8) is 0 Å². The van der Waals surface area contributed by atoms with Crippen LogP contribution in [-0.2, 0) is 14.4 Å². The Labute approximate surface area is 420 Å². The first-order valence-electron chi connectivity index (χ1n) is 23.9. The molecule has 6 atom stereocenters. The Hall–Kier alpha value is -6.76. The number of benzene rings is 3. The number of nitrogens with zero attached hydrogens (tertiary/aromatic N) is 7. The highest BCUT2D eigenvalue weighted by Crippen LogP contribution is 2.40. The number of carbonyl (C=O) groups excluding carboxylic acids is 3. The van der Waals surface area contributed by atoms with Crippen molar-refractivity contribution in [2.24, 2.45) is 10.4 Å². The predicted molar refractivity (Wildman–Crippen MR) is 274 cm³/mol. The summed E-state index contributed by atoms with van der Waals surface area (Å²) < 4.78 is 8.37. The molecular formula is C53H59N9O7S2. The van der Waals surface area contributed by atoms with Crippen LogP contribution < -0.4 is 20.3 Å². The summed E-state index contributed by atoms with van der Waals surface area (Å²) in [5.74, 6) is -0.413. The van der Waals surface area contributed by atoms with Gasteiger partial charge in [-0.15, -0.1) is 32.9 Å². The Kier molecular flexibility index (Phi) is 13.7. The number of aliphatic imine (C=N–C) groups is 1. The third-order valence-electron chi connectivity index (χ3n) is 13.7. The van der Waals surface area contributed by atoms with Crippen molar-refractivity contribution in [2.75, 3.05) is 24.5 Å². The molecule has 2 fully saturated rings. The number of ether oxygens (including phenoxy) is 1. The number of aliphatic hydroxyl groups is 1. The van der Waals surface area contributed by atoms with Gasteiger partial charge in [0, 0.05) is 53.2 Å². The average Bonchev–Trinajstić information content (AvgIpc) is 4.18. The molecule has 0 saturated carbocycles. The summed E-state index contributed by atoms with van der Waals surface area (Å²) in [6.07, 6.45) is -0.347. The molecule has 4 N–H and O–H groups in total. The molecule has 6 aromatic rings. The molecular weight excluding hydrogens is 939 g/mol. The summed E-state index contributed by atoms with van der Waals surface area (Å²) in [5, 5.41) is 36.2. The monoisotopic (exact) mass is 997 g/mol. The van der Waals surface area contributed by atoms with E-state index in [1.807, 2.05) is 88.0 Å². The number of aryl methyl sites for hydroxylation is 3. The number of hydrogen-bond donors (Lipinski definition) is 4. The molecule has 71 heavy (non-hydrogen) atoms. The molecule has 0 spiro atoms. The number of amides is 3. The van der Waals surface area contributed by atoms with Crippen molar-refractivity contribution in [1.29, 1.82) is 0 Å². The summed E-state index contributed by atoms with van der Waals surface area (Å²) >= 11 is 3.20. The van der Waals surface area contributed by atoms with Gasteiger partial charge < -0.3 is 35.4 Å². The third-order valence-corrected chi connectivity index (χ3v) is 15.9. The third kappa shape index (κ3) is 10.1. The van der Waals surface area contributed by atoms with Crippen LogP contribution in [0.2, 0.25) is 0 Å². The van der Waals surface area contributed by atoms with Gasteiger partial charge in [-0.2, -0.15) is 0 Å². The minimum Gasteiger partial charge on any atom is -0.489 e. The number of hydrogen-bond acceptors (Lipinski definition) is 13. The van der Waals surface area contributed by atoms with Crippen LogP contribution in [0.1, 0.15) is 114 Å². The van der Waals surface area contributed by atoms with Crippen LogP contribution in [0.3, 0.4) is 0 Å². The number of carboxylic acids is 1. The van der Waals surface area contributed by atoms with Crippen LogP contribution in [0.15, 0.2) is 83.3 Å². The molecule has 3 aromatic heterocycles. The van der Waals surface area contributed by atoms with Crippen LogP contribution in [0.5, 0.6) is 5.75 Å². The highest BCUT2D eigenvalue weighted by atomic mass is 32.1. The average molecular weight is 998 g/mol. The second-order valence-electron chi connectivity index (χ2n) is 19.8. The summed E-state index contributed by atoms with van der Waals surface area (Å²) in [5.41, 5.74) is 9.02. The molecule has 3 amide bonds. The normalized spacial score (nSPS) is 19.6. The van der Waals surface area contributed by atoms with E-state index in [1.54, 1.807) is 46.9 Å². The number of likely N-dealkylation sites (tertiary alicyclic amines) is 1. The summed E-state index contributed by atoms with van der Waals surface area (Å²) in [6, 6.07) is 20.0. The molecule has 0 aliphatic carbocycles. The lowest BCUT2D eigenvalue weighted by atomic mass is 9.85. The van der Waals surface area contributed by atoms with Gasteiger partial charge in [-0.3, -0.25) is 28.7 Å². The van der Waals surface area contributed by atoms with Gasteiger partial charge in [0.2, 0.25) is 11.8 Å². The predicted octanol–water partition coefficient (Wildman–Crippen LogP) is 7.69. The zero-order valence-electron chi connectivity index (χ0n) is 41.1. The number of carbonyl (C=O) groups is 4. The number of β-amino-alcohol motifs (C(OH)–C–C–N with tert-alkyl or cyclic N) is 1. The maximum atomic E-state index is 14.3. The Morgan fingerprint density at radius 3 is 2.27 bits per heavy atom. The van der Waals surface area contributed by atoms with Gasteiger partial charge in [0.1, 0.15) is 40.8 Å². The molecule has 9 rings (SSSR count). The number of nitrogens with one attached hydrogen (secondary N) is 2. The number of aromatic nitrogens is 4. The molecule has 370 valence electrons. The minimum absolute atomic E-state index is 0.0272. The summed E-state index contributed by atoms with van der Waals surface area (Å²) in [6.45, 7) is 16.8. The van der Waals surface area contributed by atoms with Crippen molar-refractivity contribution in [1.82, 2.24) is 35.3 Å². The van der Waals surface area contributed by atoms with Crippen LogP contribution in [0.25, 0.3) is 15.4 Å². The topological polar surface area (TPSA) is 204 Å². The van der Waals surface area contributed by atoms with E-state index < -0.39 is 47.4 Å². The first-order chi connectivity index (χ1) is 33.8. The number of thiophene rings is 1. The number of anilines is 1. The lowest BCUT2D eigenvalue weighted by Gasteiger charge is -2.35. The van der Waals surface area contributed by atoms with E-state index in [1.165, 1.54) is 4.90 Å². The van der Waals surface area contributed by atoms with Crippen LogP contribution in [0.4, 0.5) is 5.69 Å². The van der Waals surface area contributed by atoms with Crippen molar-refractivity contribution in [3.8, 4) is 21.2 Å². The van der Waals surface area contributed by atoms with E-state index in [0.717, 1.165) is 72.6 Å². The Morgan fingerprint density at radius 2 is 1.61 bits per heavy atom. The standard InChI is InChI=1S/C53H59N9O7S2/c1-28-31(4)71-52-44(28)45(56-41(24-43(64)65)48-59-58-32(5)62(48)52)34-13-17-37(18-14-34)60-22-21-40(26-60)69-39-19-15-36(16-20-39)49(66)57-47(53(6,7)8)51(68)61-25-38(63)23-42(61)50(67)55-29(2)33-9-11-35(12-10-33)46-30(3)54-27-70-46/h9-20,27,29,38,40-42,47,63H,21-26H2,1-8H3,(H,55,67)(H,57,66)(H,64,65)/t29?,38-,40?,41+,42+,47?/m1/s1. The Morgan fingerprint density at radius 1 is 0.901 bits per heavy atom. The molecule has 0 bridgehead atoms. The zero-order chi connectivity index (χ0) is 50.5. The summed E-state index contributed by atoms with van der Waals surface area (Å²) in [7, 11) is 0. The molecule has 6 heterocycles. The van der Waals surface area contributed by atoms with Crippen LogP contribution in [0, 0.1) is 33.1 Å². The van der Waals surface area contributed by atoms with Crippen molar-refractivity contribution >= 4 is 57.8 Å². The molecule has 16 nitrogen and oxygen atoms in total. The SMILES string of the molecule is Cc1ncsc1-c1ccc(C(C)NC(=O)[C@@H]2C[C@@H](O)CN2C(=O)C(NC(=O)c2ccc(OC3CCN(c4ccc(C5=N[C@@H](CC(=O)O)c6nnc(C)n6-c6sc(C)c(C)c65)cc4)C3)cc2)C(C)(C)C)cc1. The van der Waals surface area contributed by atoms with E-state index in [0.29, 0.717) is 29.5 Å². The van der Waals surface area contributed by atoms with Gasteiger partial charge >= 0.3 is 5.97 Å². The zero-order valence-corrected chi connectivity index (χ0v) is 42.7. The number of thiazole rings is 1. The molecule has 0 radical (unpaired) electrons. The fourth-order valence-corrected chi connectivity index (χ4v) is 11.7. The van der Waals surface area contributed by atoms with Crippen molar-refractivity contribution in [2.45, 2.75) is 111 Å². The highest BCUT2D eigenvalue weighted by Gasteiger charge is 2.45.